The molecule has 2 aromatic heterocycles. The Kier molecular flexibility index (Phi) is 4.87. The standard InChI is InChI=1S/C20H25N7O/c1-11-6-13(8-21)9-22-18(11)20(28)24-14-4-5-17-15(7-14)19(26-25-17)16-10-23-27(3)12(16)2/h6,9-10,14-15,17,19,25-26H,4-5,7H2,1-3H3,(H,24,28). The van der Waals surface area contributed by atoms with Gasteiger partial charge in [-0.3, -0.25) is 14.9 Å². The van der Waals surface area contributed by atoms with E-state index in [1.165, 1.54) is 11.8 Å². The van der Waals surface area contributed by atoms with Crippen LogP contribution in [0.25, 0.3) is 0 Å². The van der Waals surface area contributed by atoms with Crippen LogP contribution in [0.3, 0.4) is 0 Å². The van der Waals surface area contributed by atoms with Crippen LogP contribution >= 0.6 is 0 Å². The first-order valence-electron chi connectivity index (χ1n) is 9.65. The first-order valence-corrected chi connectivity index (χ1v) is 9.65. The van der Waals surface area contributed by atoms with Crippen LogP contribution in [0, 0.1) is 31.1 Å². The second-order valence-corrected chi connectivity index (χ2v) is 7.83. The van der Waals surface area contributed by atoms with E-state index in [2.05, 4.69) is 39.2 Å². The maximum atomic E-state index is 12.7. The lowest BCUT2D eigenvalue weighted by Gasteiger charge is -2.33. The lowest BCUT2D eigenvalue weighted by Crippen LogP contribution is -2.44. The Morgan fingerprint density at radius 2 is 2.14 bits per heavy atom. The molecule has 0 bridgehead atoms. The van der Waals surface area contributed by atoms with Crippen molar-refractivity contribution < 1.29 is 4.79 Å². The number of hydrazine groups is 1. The summed E-state index contributed by atoms with van der Waals surface area (Å²) in [5.41, 5.74) is 10.8. The van der Waals surface area contributed by atoms with E-state index < -0.39 is 0 Å². The Morgan fingerprint density at radius 1 is 1.32 bits per heavy atom. The summed E-state index contributed by atoms with van der Waals surface area (Å²) in [6.07, 6.45) is 6.20. The average molecular weight is 379 g/mol. The molecule has 0 radical (unpaired) electrons. The number of rotatable bonds is 3. The van der Waals surface area contributed by atoms with Gasteiger partial charge in [0.05, 0.1) is 17.8 Å². The highest BCUT2D eigenvalue weighted by Gasteiger charge is 2.42. The van der Waals surface area contributed by atoms with Gasteiger partial charge in [0, 0.05) is 36.6 Å². The van der Waals surface area contributed by atoms with Crippen molar-refractivity contribution in [3.8, 4) is 6.07 Å². The van der Waals surface area contributed by atoms with Gasteiger partial charge in [-0.1, -0.05) is 0 Å². The van der Waals surface area contributed by atoms with Crippen LogP contribution in [-0.2, 0) is 7.05 Å². The highest BCUT2D eigenvalue weighted by Crippen LogP contribution is 2.38. The van der Waals surface area contributed by atoms with Crippen molar-refractivity contribution in [1.29, 1.82) is 5.26 Å². The number of pyridine rings is 1. The first-order chi connectivity index (χ1) is 13.5. The summed E-state index contributed by atoms with van der Waals surface area (Å²) < 4.78 is 1.89. The second-order valence-electron chi connectivity index (χ2n) is 7.83. The van der Waals surface area contributed by atoms with Crippen molar-refractivity contribution >= 4 is 5.91 Å². The minimum Gasteiger partial charge on any atom is -0.348 e. The maximum Gasteiger partial charge on any atom is 0.270 e. The van der Waals surface area contributed by atoms with E-state index in [1.807, 2.05) is 24.9 Å². The predicted octanol–water partition coefficient (Wildman–Crippen LogP) is 1.42. The van der Waals surface area contributed by atoms with Crippen molar-refractivity contribution in [3.05, 3.63) is 46.5 Å². The summed E-state index contributed by atoms with van der Waals surface area (Å²) >= 11 is 0. The van der Waals surface area contributed by atoms with Crippen molar-refractivity contribution in [2.24, 2.45) is 13.0 Å². The Bertz CT molecular complexity index is 945. The molecule has 1 amide bonds. The van der Waals surface area contributed by atoms with E-state index in [0.717, 1.165) is 30.5 Å². The fourth-order valence-corrected chi connectivity index (χ4v) is 4.44. The van der Waals surface area contributed by atoms with Gasteiger partial charge in [-0.25, -0.2) is 10.4 Å². The summed E-state index contributed by atoms with van der Waals surface area (Å²) in [5, 5.41) is 16.5. The summed E-state index contributed by atoms with van der Waals surface area (Å²) in [4.78, 5) is 16.9. The molecule has 1 saturated heterocycles. The molecule has 4 rings (SSSR count). The topological polar surface area (TPSA) is 108 Å². The first kappa shape index (κ1) is 18.6. The molecule has 2 fully saturated rings. The predicted molar refractivity (Wildman–Crippen MR) is 103 cm³/mol. The van der Waals surface area contributed by atoms with Crippen LogP contribution in [0.5, 0.6) is 0 Å². The molecule has 8 heteroatoms. The zero-order valence-corrected chi connectivity index (χ0v) is 16.4. The van der Waals surface area contributed by atoms with Gasteiger partial charge >= 0.3 is 0 Å². The average Bonchev–Trinajstić information content (AvgIpc) is 3.24. The van der Waals surface area contributed by atoms with Gasteiger partial charge < -0.3 is 5.32 Å². The number of hydrogen-bond donors (Lipinski definition) is 3. The molecule has 8 nitrogen and oxygen atoms in total. The van der Waals surface area contributed by atoms with Crippen LogP contribution in [0.2, 0.25) is 0 Å². The van der Waals surface area contributed by atoms with Crippen LogP contribution in [0.4, 0.5) is 0 Å². The summed E-state index contributed by atoms with van der Waals surface area (Å²) in [6.45, 7) is 3.89. The van der Waals surface area contributed by atoms with Crippen LogP contribution in [0.1, 0.15) is 58.2 Å². The Labute approximate surface area is 164 Å². The third-order valence-electron chi connectivity index (χ3n) is 6.12. The largest absolute Gasteiger partial charge is 0.348 e. The van der Waals surface area contributed by atoms with E-state index in [1.54, 1.807) is 6.07 Å². The molecule has 1 aliphatic carbocycles. The molecular formula is C20H25N7O. The monoisotopic (exact) mass is 379 g/mol. The highest BCUT2D eigenvalue weighted by atomic mass is 16.1. The lowest BCUT2D eigenvalue weighted by atomic mass is 9.77. The molecule has 2 aliphatic rings. The van der Waals surface area contributed by atoms with Gasteiger partial charge in [-0.15, -0.1) is 0 Å². The number of carbonyl (C=O) groups is 1. The normalized spacial score (nSPS) is 26.5. The molecule has 28 heavy (non-hydrogen) atoms. The molecule has 3 heterocycles. The minimum atomic E-state index is -0.168. The molecule has 0 aromatic carbocycles. The molecule has 2 aromatic rings. The van der Waals surface area contributed by atoms with Crippen LogP contribution in [0.15, 0.2) is 18.5 Å². The smallest absolute Gasteiger partial charge is 0.270 e. The lowest BCUT2D eigenvalue weighted by molar-refractivity contribution is 0.0909. The highest BCUT2D eigenvalue weighted by molar-refractivity contribution is 5.93. The molecular weight excluding hydrogens is 354 g/mol. The number of hydrogen-bond acceptors (Lipinski definition) is 6. The zero-order chi connectivity index (χ0) is 19.8. The number of carbonyl (C=O) groups excluding carboxylic acids is 1. The van der Waals surface area contributed by atoms with Gasteiger partial charge in [-0.2, -0.15) is 10.4 Å². The molecule has 4 unspecified atom stereocenters. The Balaban J connectivity index is 1.47. The number of aryl methyl sites for hydroxylation is 2. The number of amides is 1. The van der Waals surface area contributed by atoms with Gasteiger partial charge in [-0.05, 0) is 50.7 Å². The molecule has 1 aliphatic heterocycles. The van der Waals surface area contributed by atoms with Crippen LogP contribution in [-0.4, -0.2) is 32.8 Å². The van der Waals surface area contributed by atoms with Crippen molar-refractivity contribution in [2.75, 3.05) is 0 Å². The van der Waals surface area contributed by atoms with E-state index in [4.69, 9.17) is 5.26 Å². The van der Waals surface area contributed by atoms with Gasteiger partial charge in [0.25, 0.3) is 5.91 Å². The maximum absolute atomic E-state index is 12.7. The van der Waals surface area contributed by atoms with E-state index in [9.17, 15) is 4.79 Å². The number of nitrogens with one attached hydrogen (secondary N) is 3. The van der Waals surface area contributed by atoms with Crippen molar-refractivity contribution in [1.82, 2.24) is 30.9 Å². The number of aromatic nitrogens is 3. The molecule has 146 valence electrons. The molecule has 3 N–H and O–H groups in total. The van der Waals surface area contributed by atoms with E-state index in [-0.39, 0.29) is 18.0 Å². The van der Waals surface area contributed by atoms with E-state index >= 15 is 0 Å². The van der Waals surface area contributed by atoms with Gasteiger partial charge in [0.2, 0.25) is 0 Å². The molecule has 1 saturated carbocycles. The number of nitrogens with zero attached hydrogens (tertiary/aromatic N) is 4. The Morgan fingerprint density at radius 3 is 2.82 bits per heavy atom. The summed E-state index contributed by atoms with van der Waals surface area (Å²) in [7, 11) is 1.95. The van der Waals surface area contributed by atoms with E-state index in [0.29, 0.717) is 23.2 Å². The summed E-state index contributed by atoms with van der Waals surface area (Å²) in [6, 6.07) is 4.44. The molecule has 0 spiro atoms. The van der Waals surface area contributed by atoms with Crippen molar-refractivity contribution in [2.45, 2.75) is 51.2 Å². The summed E-state index contributed by atoms with van der Waals surface area (Å²) in [5.74, 6) is 0.218. The third-order valence-corrected chi connectivity index (χ3v) is 6.12. The SMILES string of the molecule is Cc1cc(C#N)cnc1C(=O)NC1CCC2NNC(c3cnn(C)c3C)C2C1. The fourth-order valence-electron chi connectivity index (χ4n) is 4.44. The number of nitriles is 1. The Hall–Kier alpha value is -2.76. The quantitative estimate of drug-likeness (QED) is 0.744. The minimum absolute atomic E-state index is 0.103. The molecule has 4 atom stereocenters. The third kappa shape index (κ3) is 3.28. The zero-order valence-electron chi connectivity index (χ0n) is 16.4. The van der Waals surface area contributed by atoms with Gasteiger partial charge in [0.1, 0.15) is 11.8 Å². The fraction of sp³-hybridized carbons (Fsp3) is 0.500. The van der Waals surface area contributed by atoms with Crippen LogP contribution < -0.4 is 16.2 Å². The second kappa shape index (κ2) is 7.34. The number of fused-ring (bicyclic) bond motifs is 1. The van der Waals surface area contributed by atoms with Gasteiger partial charge in [0.15, 0.2) is 0 Å². The van der Waals surface area contributed by atoms with Crippen molar-refractivity contribution in [3.63, 3.8) is 0 Å².